The molecule has 0 saturated carbocycles. The van der Waals surface area contributed by atoms with E-state index >= 15 is 0 Å². The molecule has 1 aliphatic carbocycles. The van der Waals surface area contributed by atoms with Gasteiger partial charge >= 0.3 is 0 Å². The van der Waals surface area contributed by atoms with Crippen molar-refractivity contribution in [3.05, 3.63) is 48.2 Å². The molecule has 1 aromatic heterocycles. The summed E-state index contributed by atoms with van der Waals surface area (Å²) < 4.78 is 0. The van der Waals surface area contributed by atoms with Crippen LogP contribution >= 0.6 is 0 Å². The first kappa shape index (κ1) is 11.5. The highest BCUT2D eigenvalue weighted by Crippen LogP contribution is 2.48. The number of fused-ring (bicyclic) bond motifs is 1. The van der Waals surface area contributed by atoms with Gasteiger partial charge in [0.15, 0.2) is 0 Å². The fraction of sp³-hybridized carbons (Fsp3) is 0.353. The third-order valence-electron chi connectivity index (χ3n) is 4.52. The molecule has 1 aromatic carbocycles. The molecule has 92 valence electrons. The van der Waals surface area contributed by atoms with Gasteiger partial charge in [0.25, 0.3) is 0 Å². The Morgan fingerprint density at radius 3 is 2.78 bits per heavy atom. The first-order valence-corrected chi connectivity index (χ1v) is 6.65. The quantitative estimate of drug-likeness (QED) is 0.701. The Kier molecular flexibility index (Phi) is 2.51. The van der Waals surface area contributed by atoms with Crippen molar-refractivity contribution in [2.24, 2.45) is 11.3 Å². The van der Waals surface area contributed by atoms with E-state index in [0.29, 0.717) is 5.92 Å². The van der Waals surface area contributed by atoms with Crippen LogP contribution in [0.25, 0.3) is 16.5 Å². The molecule has 1 heteroatoms. The van der Waals surface area contributed by atoms with Gasteiger partial charge in [-0.15, -0.1) is 0 Å². The summed E-state index contributed by atoms with van der Waals surface area (Å²) >= 11 is 0. The van der Waals surface area contributed by atoms with E-state index in [9.17, 15) is 0 Å². The molecule has 0 N–H and O–H groups in total. The molecule has 1 heterocycles. The van der Waals surface area contributed by atoms with Gasteiger partial charge in [0.05, 0.1) is 5.52 Å². The van der Waals surface area contributed by atoms with E-state index in [0.717, 1.165) is 5.52 Å². The topological polar surface area (TPSA) is 12.9 Å². The number of nitrogens with zero attached hydrogens (tertiary/aromatic N) is 1. The fourth-order valence-corrected chi connectivity index (χ4v) is 2.84. The average Bonchev–Trinajstić information content (AvgIpc) is 2.64. The maximum Gasteiger partial charge on any atom is 0.0708 e. The maximum atomic E-state index is 4.45. The maximum absolute atomic E-state index is 4.45. The van der Waals surface area contributed by atoms with Crippen LogP contribution in [0.4, 0.5) is 0 Å². The molecule has 1 unspecified atom stereocenters. The Hall–Kier alpha value is -1.63. The minimum atomic E-state index is 0.266. The van der Waals surface area contributed by atoms with Crippen molar-refractivity contribution in [3.8, 4) is 0 Å². The van der Waals surface area contributed by atoms with E-state index in [1.165, 1.54) is 22.9 Å². The molecule has 1 aliphatic rings. The highest BCUT2D eigenvalue weighted by atomic mass is 14.6. The molecule has 3 rings (SSSR count). The number of hydrogen-bond acceptors (Lipinski definition) is 1. The summed E-state index contributed by atoms with van der Waals surface area (Å²) in [5.74, 6) is 0.715. The lowest BCUT2D eigenvalue weighted by atomic mass is 9.76. The smallest absolute Gasteiger partial charge is 0.0708 e. The number of rotatable bonds is 1. The molecule has 0 radical (unpaired) electrons. The van der Waals surface area contributed by atoms with Gasteiger partial charge in [0.2, 0.25) is 0 Å². The zero-order chi connectivity index (χ0) is 12.8. The Morgan fingerprint density at radius 2 is 2.06 bits per heavy atom. The second-order valence-electron chi connectivity index (χ2n) is 5.89. The molecule has 1 nitrogen and oxygen atoms in total. The van der Waals surface area contributed by atoms with E-state index in [2.05, 4.69) is 56.1 Å². The van der Waals surface area contributed by atoms with Crippen molar-refractivity contribution in [2.75, 3.05) is 0 Å². The summed E-state index contributed by atoms with van der Waals surface area (Å²) in [5.41, 5.74) is 4.16. The summed E-state index contributed by atoms with van der Waals surface area (Å²) in [6.07, 6.45) is 5.44. The van der Waals surface area contributed by atoms with Crippen LogP contribution in [0.3, 0.4) is 0 Å². The summed E-state index contributed by atoms with van der Waals surface area (Å²) in [7, 11) is 0. The van der Waals surface area contributed by atoms with Crippen LogP contribution < -0.4 is 0 Å². The van der Waals surface area contributed by atoms with Gasteiger partial charge in [-0.2, -0.15) is 0 Å². The van der Waals surface area contributed by atoms with E-state index in [4.69, 9.17) is 0 Å². The van der Waals surface area contributed by atoms with Crippen LogP contribution in [0.2, 0.25) is 0 Å². The summed E-state index contributed by atoms with van der Waals surface area (Å²) in [6.45, 7) is 7.03. The molecular formula is C17H19N. The Bertz CT molecular complexity index is 622. The number of aromatic nitrogens is 1. The van der Waals surface area contributed by atoms with Gasteiger partial charge in [-0.3, -0.25) is 4.98 Å². The van der Waals surface area contributed by atoms with Gasteiger partial charge in [0, 0.05) is 11.6 Å². The first-order chi connectivity index (χ1) is 8.59. The normalized spacial score (nSPS) is 22.2. The van der Waals surface area contributed by atoms with E-state index in [-0.39, 0.29) is 5.41 Å². The van der Waals surface area contributed by atoms with Crippen molar-refractivity contribution in [1.82, 2.24) is 4.98 Å². The van der Waals surface area contributed by atoms with Gasteiger partial charge < -0.3 is 0 Å². The molecule has 1 atom stereocenters. The van der Waals surface area contributed by atoms with E-state index in [1.807, 2.05) is 12.3 Å². The monoisotopic (exact) mass is 237 g/mol. The Balaban J connectivity index is 2.11. The molecule has 18 heavy (non-hydrogen) atoms. The standard InChI is InChI=1S/C17H19N/c1-12-6-9-15(17(12,2)3)14-8-7-13-5-4-10-18-16(13)11-14/h4-5,7-12H,6H2,1-3H3. The first-order valence-electron chi connectivity index (χ1n) is 6.65. The van der Waals surface area contributed by atoms with Gasteiger partial charge in [-0.1, -0.05) is 45.0 Å². The molecule has 0 saturated heterocycles. The lowest BCUT2D eigenvalue weighted by Gasteiger charge is -2.28. The predicted octanol–water partition coefficient (Wildman–Crippen LogP) is 4.68. The average molecular weight is 237 g/mol. The van der Waals surface area contributed by atoms with Crippen LogP contribution in [0.5, 0.6) is 0 Å². The molecule has 0 spiro atoms. The number of allylic oxidation sites excluding steroid dienone is 2. The zero-order valence-electron chi connectivity index (χ0n) is 11.3. The van der Waals surface area contributed by atoms with E-state index < -0.39 is 0 Å². The predicted molar refractivity (Wildman–Crippen MR) is 77.3 cm³/mol. The molecule has 0 aliphatic heterocycles. The van der Waals surface area contributed by atoms with E-state index in [1.54, 1.807) is 0 Å². The van der Waals surface area contributed by atoms with Crippen LogP contribution in [0.1, 0.15) is 32.8 Å². The molecule has 0 bridgehead atoms. The summed E-state index contributed by atoms with van der Waals surface area (Å²) in [6, 6.07) is 10.7. The van der Waals surface area contributed by atoms with Crippen LogP contribution in [-0.2, 0) is 0 Å². The van der Waals surface area contributed by atoms with Crippen LogP contribution in [-0.4, -0.2) is 4.98 Å². The van der Waals surface area contributed by atoms with Crippen molar-refractivity contribution in [1.29, 1.82) is 0 Å². The minimum Gasteiger partial charge on any atom is -0.256 e. The van der Waals surface area contributed by atoms with Gasteiger partial charge in [-0.05, 0) is 41.0 Å². The number of benzene rings is 1. The highest BCUT2D eigenvalue weighted by Gasteiger charge is 2.34. The van der Waals surface area contributed by atoms with Crippen molar-refractivity contribution >= 4 is 16.5 Å². The fourth-order valence-electron chi connectivity index (χ4n) is 2.84. The van der Waals surface area contributed by atoms with Crippen molar-refractivity contribution < 1.29 is 0 Å². The second kappa shape index (κ2) is 3.94. The lowest BCUT2D eigenvalue weighted by Crippen LogP contribution is -2.17. The SMILES string of the molecule is CC1CC=C(c2ccc3cccnc3c2)C1(C)C. The van der Waals surface area contributed by atoms with Crippen molar-refractivity contribution in [2.45, 2.75) is 27.2 Å². The van der Waals surface area contributed by atoms with Gasteiger partial charge in [-0.25, -0.2) is 0 Å². The Morgan fingerprint density at radius 1 is 1.22 bits per heavy atom. The molecule has 0 fully saturated rings. The third-order valence-corrected chi connectivity index (χ3v) is 4.52. The number of pyridine rings is 1. The highest BCUT2D eigenvalue weighted by molar-refractivity contribution is 5.84. The van der Waals surface area contributed by atoms with Crippen LogP contribution in [0.15, 0.2) is 42.6 Å². The summed E-state index contributed by atoms with van der Waals surface area (Å²) in [5, 5.41) is 1.21. The molecule has 2 aromatic rings. The lowest BCUT2D eigenvalue weighted by molar-refractivity contribution is 0.348. The second-order valence-corrected chi connectivity index (χ2v) is 5.89. The molecular weight excluding hydrogens is 218 g/mol. The minimum absolute atomic E-state index is 0.266. The summed E-state index contributed by atoms with van der Waals surface area (Å²) in [4.78, 5) is 4.45. The van der Waals surface area contributed by atoms with Crippen LogP contribution in [0, 0.1) is 11.3 Å². The number of hydrogen-bond donors (Lipinski definition) is 0. The zero-order valence-corrected chi connectivity index (χ0v) is 11.3. The largest absolute Gasteiger partial charge is 0.256 e. The Labute approximate surface area is 109 Å². The third kappa shape index (κ3) is 1.66. The van der Waals surface area contributed by atoms with Gasteiger partial charge in [0.1, 0.15) is 0 Å². The molecule has 0 amide bonds. The van der Waals surface area contributed by atoms with Crippen molar-refractivity contribution in [3.63, 3.8) is 0 Å².